The monoisotopic (exact) mass is 560 g/mol. The van der Waals surface area contributed by atoms with Crippen molar-refractivity contribution < 1.29 is 14.3 Å². The van der Waals surface area contributed by atoms with Crippen molar-refractivity contribution in [1.29, 1.82) is 0 Å². The van der Waals surface area contributed by atoms with Crippen molar-refractivity contribution in [3.05, 3.63) is 119 Å². The average Bonchev–Trinajstić information content (AvgIpc) is 3.31. The number of benzene rings is 4. The molecular formula is C37H40N2O3. The minimum absolute atomic E-state index is 0.311. The van der Waals surface area contributed by atoms with Crippen LogP contribution in [0.4, 0.5) is 11.4 Å². The predicted octanol–water partition coefficient (Wildman–Crippen LogP) is 9.30. The molecule has 216 valence electrons. The lowest BCUT2D eigenvalue weighted by Gasteiger charge is -2.42. The van der Waals surface area contributed by atoms with Crippen molar-refractivity contribution in [1.82, 2.24) is 5.01 Å². The van der Waals surface area contributed by atoms with Gasteiger partial charge in [0.2, 0.25) is 0 Å². The number of unbranched alkanes of at least 4 members (excludes halogenated alkanes) is 4. The lowest BCUT2D eigenvalue weighted by Crippen LogP contribution is -2.43. The summed E-state index contributed by atoms with van der Waals surface area (Å²) >= 11 is 0. The molecule has 1 spiro atoms. The van der Waals surface area contributed by atoms with Gasteiger partial charge in [-0.15, -0.1) is 0 Å². The molecule has 4 aromatic rings. The van der Waals surface area contributed by atoms with Crippen LogP contribution in [-0.4, -0.2) is 24.1 Å². The van der Waals surface area contributed by atoms with Crippen LogP contribution in [0, 0.1) is 6.92 Å². The summed E-state index contributed by atoms with van der Waals surface area (Å²) in [4.78, 5) is 13.9. The van der Waals surface area contributed by atoms with Crippen molar-refractivity contribution >= 4 is 17.3 Å². The number of para-hydroxylation sites is 3. The van der Waals surface area contributed by atoms with E-state index in [-0.39, 0.29) is 5.97 Å². The van der Waals surface area contributed by atoms with Gasteiger partial charge in [-0.3, -0.25) is 5.01 Å². The molecule has 0 unspecified atom stereocenters. The van der Waals surface area contributed by atoms with Gasteiger partial charge < -0.3 is 9.47 Å². The standard InChI is InChI=1S/C37H40N2O3/c1-4-6-15-25-38(26-16-7-5-2)39(28-17-9-8-10-18-28)35-27(3)23-24-29-34(35)37(42-36(29)40)30-19-11-13-21-32(30)41-33-22-14-12-20-31(33)37/h8-14,17-24H,4-7,15-16,25-26H2,1-3H3. The van der Waals surface area contributed by atoms with E-state index in [1.54, 1.807) is 0 Å². The molecule has 6 rings (SSSR count). The number of anilines is 2. The molecule has 42 heavy (non-hydrogen) atoms. The Balaban J connectivity index is 1.64. The first-order valence-electron chi connectivity index (χ1n) is 15.4. The third-order valence-corrected chi connectivity index (χ3v) is 8.49. The van der Waals surface area contributed by atoms with Crippen LogP contribution < -0.4 is 9.75 Å². The normalized spacial score (nSPS) is 14.2. The third kappa shape index (κ3) is 4.76. The highest BCUT2D eigenvalue weighted by Crippen LogP contribution is 2.59. The molecule has 0 bridgehead atoms. The van der Waals surface area contributed by atoms with Crippen LogP contribution in [0.25, 0.3) is 0 Å². The Morgan fingerprint density at radius 3 is 1.86 bits per heavy atom. The second kappa shape index (κ2) is 12.0. The van der Waals surface area contributed by atoms with Crippen LogP contribution in [0.15, 0.2) is 91.0 Å². The van der Waals surface area contributed by atoms with Gasteiger partial charge in [-0.1, -0.05) is 100 Å². The van der Waals surface area contributed by atoms with Crippen LogP contribution in [-0.2, 0) is 10.3 Å². The summed E-state index contributed by atoms with van der Waals surface area (Å²) in [6, 6.07) is 30.5. The predicted molar refractivity (Wildman–Crippen MR) is 169 cm³/mol. The number of hydrogen-bond donors (Lipinski definition) is 0. The summed E-state index contributed by atoms with van der Waals surface area (Å²) in [5.74, 6) is 1.10. The molecule has 4 aromatic carbocycles. The van der Waals surface area contributed by atoms with E-state index in [4.69, 9.17) is 9.47 Å². The van der Waals surface area contributed by atoms with Crippen molar-refractivity contribution in [3.63, 3.8) is 0 Å². The molecule has 2 aliphatic rings. The Hall–Kier alpha value is -4.09. The summed E-state index contributed by atoms with van der Waals surface area (Å²) < 4.78 is 13.0. The van der Waals surface area contributed by atoms with E-state index in [0.29, 0.717) is 17.1 Å². The molecular weight excluding hydrogens is 520 g/mol. The lowest BCUT2D eigenvalue weighted by atomic mass is 9.76. The molecule has 5 nitrogen and oxygen atoms in total. The van der Waals surface area contributed by atoms with Crippen LogP contribution in [0.3, 0.4) is 0 Å². The van der Waals surface area contributed by atoms with E-state index in [1.807, 2.05) is 54.6 Å². The maximum Gasteiger partial charge on any atom is 0.340 e. The van der Waals surface area contributed by atoms with Crippen molar-refractivity contribution in [2.24, 2.45) is 0 Å². The van der Waals surface area contributed by atoms with Crippen LogP contribution >= 0.6 is 0 Å². The number of carbonyl (C=O) groups excluding carboxylic acids is 1. The third-order valence-electron chi connectivity index (χ3n) is 8.49. The number of fused-ring (bicyclic) bond motifs is 6. The molecule has 0 N–H and O–H groups in total. The molecule has 5 heteroatoms. The average molecular weight is 561 g/mol. The minimum Gasteiger partial charge on any atom is -0.456 e. The Morgan fingerprint density at radius 2 is 1.26 bits per heavy atom. The molecule has 0 aromatic heterocycles. The smallest absolute Gasteiger partial charge is 0.340 e. The Kier molecular flexibility index (Phi) is 8.03. The van der Waals surface area contributed by atoms with Gasteiger partial charge in [-0.05, 0) is 55.7 Å². The number of ether oxygens (including phenoxy) is 2. The first-order chi connectivity index (χ1) is 20.6. The molecule has 2 heterocycles. The molecule has 0 aliphatic carbocycles. The highest BCUT2D eigenvalue weighted by Gasteiger charge is 2.55. The van der Waals surface area contributed by atoms with Crippen molar-refractivity contribution in [2.75, 3.05) is 18.1 Å². The number of aryl methyl sites for hydroxylation is 1. The van der Waals surface area contributed by atoms with Crippen LogP contribution in [0.1, 0.15) is 85.0 Å². The molecule has 0 amide bonds. The van der Waals surface area contributed by atoms with Gasteiger partial charge in [0.05, 0.1) is 16.9 Å². The fraction of sp³-hybridized carbons (Fsp3) is 0.324. The Morgan fingerprint density at radius 1 is 0.690 bits per heavy atom. The number of rotatable bonds is 11. The zero-order chi connectivity index (χ0) is 29.1. The fourth-order valence-corrected chi connectivity index (χ4v) is 6.48. The van der Waals surface area contributed by atoms with Crippen molar-refractivity contribution in [2.45, 2.75) is 64.9 Å². The van der Waals surface area contributed by atoms with Gasteiger partial charge in [-0.2, -0.15) is 0 Å². The van der Waals surface area contributed by atoms with Gasteiger partial charge in [-0.25, -0.2) is 9.80 Å². The largest absolute Gasteiger partial charge is 0.456 e. The maximum atomic E-state index is 13.9. The lowest BCUT2D eigenvalue weighted by molar-refractivity contribution is 0.0224. The summed E-state index contributed by atoms with van der Waals surface area (Å²) in [6.45, 7) is 8.49. The van der Waals surface area contributed by atoms with Crippen molar-refractivity contribution in [3.8, 4) is 11.5 Å². The van der Waals surface area contributed by atoms with Crippen LogP contribution in [0.2, 0.25) is 0 Å². The fourth-order valence-electron chi connectivity index (χ4n) is 6.48. The topological polar surface area (TPSA) is 42.0 Å². The molecule has 0 radical (unpaired) electrons. The SMILES string of the molecule is CCCCCN(CCCCC)N(c1ccccc1)c1c(C)ccc2c1C1(OC2=O)c2ccccc2Oc2ccccc21. The van der Waals surface area contributed by atoms with Gasteiger partial charge in [0.25, 0.3) is 0 Å². The van der Waals surface area contributed by atoms with E-state index in [0.717, 1.165) is 72.4 Å². The zero-order valence-corrected chi connectivity index (χ0v) is 24.9. The van der Waals surface area contributed by atoms with E-state index < -0.39 is 5.60 Å². The molecule has 0 fully saturated rings. The van der Waals surface area contributed by atoms with Gasteiger partial charge in [0.1, 0.15) is 11.5 Å². The minimum atomic E-state index is -1.13. The summed E-state index contributed by atoms with van der Waals surface area (Å²) in [6.07, 6.45) is 6.85. The van der Waals surface area contributed by atoms with E-state index in [2.05, 4.69) is 67.2 Å². The van der Waals surface area contributed by atoms with Crippen LogP contribution in [0.5, 0.6) is 11.5 Å². The second-order valence-corrected chi connectivity index (χ2v) is 11.3. The highest BCUT2D eigenvalue weighted by atomic mass is 16.6. The number of hydrazine groups is 1. The maximum absolute atomic E-state index is 13.9. The molecule has 0 atom stereocenters. The first kappa shape index (κ1) is 28.0. The van der Waals surface area contributed by atoms with Gasteiger partial charge in [0, 0.05) is 29.8 Å². The molecule has 0 saturated heterocycles. The number of esters is 1. The number of carbonyl (C=O) groups is 1. The number of hydrogen-bond acceptors (Lipinski definition) is 5. The Bertz CT molecular complexity index is 1510. The molecule has 2 aliphatic heterocycles. The quantitative estimate of drug-likeness (QED) is 0.104. The van der Waals surface area contributed by atoms with E-state index >= 15 is 0 Å². The summed E-state index contributed by atoms with van der Waals surface area (Å²) in [7, 11) is 0. The van der Waals surface area contributed by atoms with Gasteiger partial charge >= 0.3 is 5.97 Å². The van der Waals surface area contributed by atoms with Gasteiger partial charge in [0.15, 0.2) is 5.60 Å². The second-order valence-electron chi connectivity index (χ2n) is 11.3. The van der Waals surface area contributed by atoms with E-state index in [1.165, 1.54) is 12.8 Å². The summed E-state index contributed by atoms with van der Waals surface area (Å²) in [5, 5.41) is 4.88. The van der Waals surface area contributed by atoms with E-state index in [9.17, 15) is 4.79 Å². The Labute approximate surface area is 249 Å². The first-order valence-corrected chi connectivity index (χ1v) is 15.4. The highest BCUT2D eigenvalue weighted by molar-refractivity contribution is 6.00. The summed E-state index contributed by atoms with van der Waals surface area (Å²) in [5.41, 5.74) is 5.21. The number of nitrogens with zero attached hydrogens (tertiary/aromatic N) is 2. The zero-order valence-electron chi connectivity index (χ0n) is 24.9. The molecule has 0 saturated carbocycles.